The summed E-state index contributed by atoms with van der Waals surface area (Å²) in [6, 6.07) is 23.5. The zero-order valence-corrected chi connectivity index (χ0v) is 13.9. The number of aromatic hydroxyl groups is 1. The van der Waals surface area contributed by atoms with E-state index in [2.05, 4.69) is 19.1 Å². The van der Waals surface area contributed by atoms with E-state index in [1.54, 1.807) is 6.07 Å². The molecule has 0 bridgehead atoms. The summed E-state index contributed by atoms with van der Waals surface area (Å²) in [5, 5.41) is 10.4. The van der Waals surface area contributed by atoms with Crippen molar-refractivity contribution in [2.75, 3.05) is 0 Å². The van der Waals surface area contributed by atoms with Gasteiger partial charge >= 0.3 is 0 Å². The third kappa shape index (κ3) is 3.60. The molecule has 0 fully saturated rings. The molecular formula is C22H22O2. The Kier molecular flexibility index (Phi) is 5.17. The zero-order valence-electron chi connectivity index (χ0n) is 13.9. The van der Waals surface area contributed by atoms with E-state index in [1.807, 2.05) is 54.6 Å². The number of phenolic OH excluding ortho intramolecular Hbond substituents is 1. The first kappa shape index (κ1) is 16.1. The summed E-state index contributed by atoms with van der Waals surface area (Å²) in [6.45, 7) is 2.18. The second-order valence-electron chi connectivity index (χ2n) is 5.83. The molecule has 0 saturated carbocycles. The molecule has 0 aliphatic rings. The van der Waals surface area contributed by atoms with Gasteiger partial charge in [0.05, 0.1) is 0 Å². The molecule has 0 amide bonds. The second kappa shape index (κ2) is 7.69. The molecule has 0 heterocycles. The van der Waals surface area contributed by atoms with Crippen molar-refractivity contribution in [3.05, 3.63) is 78.4 Å². The van der Waals surface area contributed by atoms with Crippen LogP contribution in [0, 0.1) is 0 Å². The lowest BCUT2D eigenvalue weighted by molar-refractivity contribution is 0.412. The minimum Gasteiger partial charge on any atom is -0.504 e. The minimum atomic E-state index is 0.165. The number of rotatable bonds is 6. The molecular weight excluding hydrogens is 296 g/mol. The van der Waals surface area contributed by atoms with Gasteiger partial charge in [-0.15, -0.1) is 0 Å². The molecule has 0 atom stereocenters. The highest BCUT2D eigenvalue weighted by Crippen LogP contribution is 2.43. The van der Waals surface area contributed by atoms with Gasteiger partial charge in [-0.25, -0.2) is 0 Å². The Balaban J connectivity index is 2.11. The maximum absolute atomic E-state index is 10.4. The van der Waals surface area contributed by atoms with Crippen LogP contribution in [-0.2, 0) is 6.42 Å². The Labute approximate surface area is 143 Å². The van der Waals surface area contributed by atoms with Gasteiger partial charge in [0.25, 0.3) is 0 Å². The number of ether oxygens (including phenoxy) is 1. The SMILES string of the molecule is CCCCc1ccc(O)c(Oc2ccccc2)c1-c1ccccc1. The van der Waals surface area contributed by atoms with Gasteiger partial charge in [0.1, 0.15) is 5.75 Å². The number of aryl methyl sites for hydroxylation is 1. The van der Waals surface area contributed by atoms with Crippen LogP contribution in [-0.4, -0.2) is 5.11 Å². The standard InChI is InChI=1S/C22H22O2/c1-2-3-10-18-15-16-20(23)22(24-19-13-8-5-9-14-19)21(18)17-11-6-4-7-12-17/h4-9,11-16,23H,2-3,10H2,1H3. The quantitative estimate of drug-likeness (QED) is 0.587. The van der Waals surface area contributed by atoms with Crippen molar-refractivity contribution in [3.8, 4) is 28.4 Å². The van der Waals surface area contributed by atoms with Crippen LogP contribution in [0.4, 0.5) is 0 Å². The summed E-state index contributed by atoms with van der Waals surface area (Å²) in [5.41, 5.74) is 3.24. The molecule has 0 aliphatic carbocycles. The van der Waals surface area contributed by atoms with Crippen LogP contribution in [0.15, 0.2) is 72.8 Å². The molecule has 3 rings (SSSR count). The molecule has 2 heteroatoms. The summed E-state index contributed by atoms with van der Waals surface area (Å²) >= 11 is 0. The van der Waals surface area contributed by atoms with Crippen LogP contribution >= 0.6 is 0 Å². The summed E-state index contributed by atoms with van der Waals surface area (Å²) < 4.78 is 6.07. The smallest absolute Gasteiger partial charge is 0.177 e. The van der Waals surface area contributed by atoms with Crippen LogP contribution in [0.1, 0.15) is 25.3 Å². The van der Waals surface area contributed by atoms with Crippen LogP contribution in [0.2, 0.25) is 0 Å². The normalized spacial score (nSPS) is 10.5. The van der Waals surface area contributed by atoms with E-state index < -0.39 is 0 Å². The van der Waals surface area contributed by atoms with Gasteiger partial charge in [-0.1, -0.05) is 67.9 Å². The number of hydrogen-bond donors (Lipinski definition) is 1. The van der Waals surface area contributed by atoms with Crippen LogP contribution in [0.25, 0.3) is 11.1 Å². The first-order chi connectivity index (χ1) is 11.8. The van der Waals surface area contributed by atoms with Crippen LogP contribution < -0.4 is 4.74 Å². The molecule has 0 unspecified atom stereocenters. The third-order valence-electron chi connectivity index (χ3n) is 4.05. The number of para-hydroxylation sites is 1. The number of phenols is 1. The van der Waals surface area contributed by atoms with Gasteiger partial charge in [0, 0.05) is 5.56 Å². The first-order valence-corrected chi connectivity index (χ1v) is 8.42. The Hall–Kier alpha value is -2.74. The van der Waals surface area contributed by atoms with Gasteiger partial charge in [0.15, 0.2) is 11.5 Å². The van der Waals surface area contributed by atoms with Crippen molar-refractivity contribution in [1.82, 2.24) is 0 Å². The molecule has 0 aromatic heterocycles. The fourth-order valence-electron chi connectivity index (χ4n) is 2.82. The van der Waals surface area contributed by atoms with E-state index in [-0.39, 0.29) is 5.75 Å². The highest BCUT2D eigenvalue weighted by molar-refractivity contribution is 5.77. The van der Waals surface area contributed by atoms with Gasteiger partial charge < -0.3 is 9.84 Å². The molecule has 0 radical (unpaired) electrons. The van der Waals surface area contributed by atoms with Crippen molar-refractivity contribution in [2.24, 2.45) is 0 Å². The van der Waals surface area contributed by atoms with Gasteiger partial charge in [-0.3, -0.25) is 0 Å². The lowest BCUT2D eigenvalue weighted by atomic mass is 9.94. The van der Waals surface area contributed by atoms with Crippen molar-refractivity contribution in [3.63, 3.8) is 0 Å². The van der Waals surface area contributed by atoms with Crippen molar-refractivity contribution >= 4 is 0 Å². The Morgan fingerprint density at radius 2 is 1.50 bits per heavy atom. The molecule has 0 aliphatic heterocycles. The van der Waals surface area contributed by atoms with Gasteiger partial charge in [-0.05, 0) is 42.2 Å². The van der Waals surface area contributed by atoms with Gasteiger partial charge in [0.2, 0.25) is 0 Å². The van der Waals surface area contributed by atoms with E-state index in [9.17, 15) is 5.11 Å². The predicted octanol–water partition coefficient (Wildman–Crippen LogP) is 6.19. The second-order valence-corrected chi connectivity index (χ2v) is 5.83. The van der Waals surface area contributed by atoms with E-state index in [4.69, 9.17) is 4.74 Å². The summed E-state index contributed by atoms with van der Waals surface area (Å²) in [4.78, 5) is 0. The van der Waals surface area contributed by atoms with Crippen molar-refractivity contribution < 1.29 is 9.84 Å². The predicted molar refractivity (Wildman–Crippen MR) is 98.7 cm³/mol. The number of unbranched alkanes of at least 4 members (excludes halogenated alkanes) is 1. The highest BCUT2D eigenvalue weighted by atomic mass is 16.5. The molecule has 0 spiro atoms. The average Bonchev–Trinajstić information content (AvgIpc) is 2.64. The topological polar surface area (TPSA) is 29.5 Å². The molecule has 24 heavy (non-hydrogen) atoms. The van der Waals surface area contributed by atoms with Crippen molar-refractivity contribution in [1.29, 1.82) is 0 Å². The monoisotopic (exact) mass is 318 g/mol. The summed E-state index contributed by atoms with van der Waals surface area (Å²) in [6.07, 6.45) is 3.20. The first-order valence-electron chi connectivity index (χ1n) is 8.42. The Bertz CT molecular complexity index is 780. The van der Waals surface area contributed by atoms with E-state index >= 15 is 0 Å². The van der Waals surface area contributed by atoms with E-state index in [0.717, 1.165) is 36.1 Å². The number of benzene rings is 3. The fourth-order valence-corrected chi connectivity index (χ4v) is 2.82. The molecule has 1 N–H and O–H groups in total. The lowest BCUT2D eigenvalue weighted by Crippen LogP contribution is -1.95. The number of hydrogen-bond acceptors (Lipinski definition) is 2. The van der Waals surface area contributed by atoms with E-state index in [0.29, 0.717) is 5.75 Å². The highest BCUT2D eigenvalue weighted by Gasteiger charge is 2.17. The molecule has 2 nitrogen and oxygen atoms in total. The Morgan fingerprint density at radius 3 is 2.17 bits per heavy atom. The summed E-state index contributed by atoms with van der Waals surface area (Å²) in [5.74, 6) is 1.41. The van der Waals surface area contributed by atoms with E-state index in [1.165, 1.54) is 5.56 Å². The molecule has 3 aromatic carbocycles. The molecule has 0 saturated heterocycles. The van der Waals surface area contributed by atoms with Crippen molar-refractivity contribution in [2.45, 2.75) is 26.2 Å². The lowest BCUT2D eigenvalue weighted by Gasteiger charge is -2.17. The third-order valence-corrected chi connectivity index (χ3v) is 4.05. The Morgan fingerprint density at radius 1 is 0.833 bits per heavy atom. The average molecular weight is 318 g/mol. The largest absolute Gasteiger partial charge is 0.504 e. The summed E-state index contributed by atoms with van der Waals surface area (Å²) in [7, 11) is 0. The fraction of sp³-hybridized carbons (Fsp3) is 0.182. The maximum atomic E-state index is 10.4. The molecule has 122 valence electrons. The zero-order chi connectivity index (χ0) is 16.8. The van der Waals surface area contributed by atoms with Crippen LogP contribution in [0.5, 0.6) is 17.2 Å². The molecule has 3 aromatic rings. The van der Waals surface area contributed by atoms with Crippen LogP contribution in [0.3, 0.4) is 0 Å². The maximum Gasteiger partial charge on any atom is 0.177 e. The van der Waals surface area contributed by atoms with Gasteiger partial charge in [-0.2, -0.15) is 0 Å². The minimum absolute atomic E-state index is 0.165.